The number of aromatic nitrogens is 1. The van der Waals surface area contributed by atoms with Gasteiger partial charge < -0.3 is 14.1 Å². The minimum absolute atomic E-state index is 0.110. The number of fused-ring (bicyclic) bond motifs is 2. The Labute approximate surface area is 356 Å². The van der Waals surface area contributed by atoms with E-state index in [-0.39, 0.29) is 38.8 Å². The van der Waals surface area contributed by atoms with Crippen LogP contribution in [0.5, 0.6) is 5.75 Å². The minimum atomic E-state index is -4.40. The van der Waals surface area contributed by atoms with Crippen LogP contribution in [-0.2, 0) is 39.6 Å². The maximum Gasteiger partial charge on any atom is 0.374 e. The highest BCUT2D eigenvalue weighted by molar-refractivity contribution is 7.86. The first-order valence-electron chi connectivity index (χ1n) is 20.0. The van der Waals surface area contributed by atoms with Crippen molar-refractivity contribution >= 4 is 43.1 Å². The van der Waals surface area contributed by atoms with E-state index in [0.29, 0.717) is 23.1 Å². The first kappa shape index (κ1) is 41.4. The van der Waals surface area contributed by atoms with Crippen LogP contribution in [0, 0.1) is 0 Å². The summed E-state index contributed by atoms with van der Waals surface area (Å²) in [6.07, 6.45) is 5.82. The lowest BCUT2D eigenvalue weighted by molar-refractivity contribution is -0.678. The van der Waals surface area contributed by atoms with Crippen LogP contribution in [0.1, 0.15) is 29.9 Å². The van der Waals surface area contributed by atoms with Crippen molar-refractivity contribution in [1.29, 1.82) is 0 Å². The van der Waals surface area contributed by atoms with E-state index in [1.165, 1.54) is 0 Å². The highest BCUT2D eigenvalue weighted by atomic mass is 32.2. The Balaban J connectivity index is 1.14. The van der Waals surface area contributed by atoms with Crippen molar-refractivity contribution in [2.45, 2.75) is 42.7 Å². The number of benzene rings is 6. The predicted octanol–water partition coefficient (Wildman–Crippen LogP) is 9.59. The molecule has 10 nitrogen and oxygen atoms in total. The van der Waals surface area contributed by atoms with Crippen LogP contribution in [0.15, 0.2) is 180 Å². The van der Waals surface area contributed by atoms with Crippen molar-refractivity contribution in [1.82, 2.24) is 0 Å². The summed E-state index contributed by atoms with van der Waals surface area (Å²) < 4.78 is 86.2. The first-order chi connectivity index (χ1) is 29.5. The minimum Gasteiger partial charge on any atom is -0.439 e. The summed E-state index contributed by atoms with van der Waals surface area (Å²) in [6.45, 7) is 0.432. The molecule has 12 heteroatoms. The molecule has 0 bridgehead atoms. The second-order valence-corrected chi connectivity index (χ2v) is 18.4. The van der Waals surface area contributed by atoms with Gasteiger partial charge in [0, 0.05) is 19.0 Å². The molecule has 0 fully saturated rings. The Morgan fingerprint density at radius 2 is 1.13 bits per heavy atom. The smallest absolute Gasteiger partial charge is 0.374 e. The van der Waals surface area contributed by atoms with Gasteiger partial charge in [0.25, 0.3) is 25.8 Å². The van der Waals surface area contributed by atoms with E-state index in [1.54, 1.807) is 18.2 Å². The molecule has 1 aliphatic heterocycles. The van der Waals surface area contributed by atoms with Crippen molar-refractivity contribution in [2.75, 3.05) is 11.4 Å². The monoisotopic (exact) mass is 853 g/mol. The van der Waals surface area contributed by atoms with Gasteiger partial charge in [-0.2, -0.15) is 21.4 Å². The van der Waals surface area contributed by atoms with Crippen molar-refractivity contribution in [3.8, 4) is 28.0 Å². The molecule has 0 amide bonds. The SMILES string of the molecule is O=S(=O)(O)C(CCN1/C(=C/C=C/c2oc3ccc(-c4ccccc4)cc3[n+]2CCC(Cc2ccccc2)S(=O)(=O)O)Oc2ccc(-c3ccccc3)cc21)Cc1ccccc1. The molecule has 0 saturated carbocycles. The zero-order chi connectivity index (χ0) is 42.4. The number of oxazole rings is 1. The highest BCUT2D eigenvalue weighted by Gasteiger charge is 2.31. The Morgan fingerprint density at radius 3 is 1.70 bits per heavy atom. The van der Waals surface area contributed by atoms with Gasteiger partial charge in [0.15, 0.2) is 12.3 Å². The fourth-order valence-electron chi connectivity index (χ4n) is 7.76. The van der Waals surface area contributed by atoms with Crippen LogP contribution in [0.25, 0.3) is 39.4 Å². The molecule has 1 aromatic heterocycles. The second-order valence-electron chi connectivity index (χ2n) is 15.0. The number of hydrogen-bond acceptors (Lipinski definition) is 7. The average molecular weight is 854 g/mol. The van der Waals surface area contributed by atoms with Crippen molar-refractivity contribution < 1.29 is 39.7 Å². The topological polar surface area (TPSA) is 138 Å². The van der Waals surface area contributed by atoms with Gasteiger partial charge in [-0.25, -0.2) is 0 Å². The average Bonchev–Trinajstić information content (AvgIpc) is 3.80. The zero-order valence-corrected chi connectivity index (χ0v) is 34.8. The summed E-state index contributed by atoms with van der Waals surface area (Å²) in [6, 6.07) is 50.0. The van der Waals surface area contributed by atoms with Crippen molar-refractivity contribution in [3.63, 3.8) is 0 Å². The summed E-state index contributed by atoms with van der Waals surface area (Å²) in [5, 5.41) is -2.12. The highest BCUT2D eigenvalue weighted by Crippen LogP contribution is 2.42. The fourth-order valence-corrected chi connectivity index (χ4v) is 9.37. The van der Waals surface area contributed by atoms with Gasteiger partial charge in [-0.05, 0) is 83.0 Å². The Morgan fingerprint density at radius 1 is 0.607 bits per heavy atom. The number of ether oxygens (including phenoxy) is 1. The summed E-state index contributed by atoms with van der Waals surface area (Å²) in [5.41, 5.74) is 7.60. The molecule has 0 aliphatic carbocycles. The lowest BCUT2D eigenvalue weighted by Crippen LogP contribution is -2.38. The van der Waals surface area contributed by atoms with E-state index in [1.807, 2.05) is 167 Å². The molecule has 2 unspecified atom stereocenters. The first-order valence-corrected chi connectivity index (χ1v) is 23.1. The molecule has 1 aliphatic rings. The number of anilines is 1. The standard InChI is InChI=1S/C49H44N2O8S2/c52-60(53,54)42(32-36-14-5-1-6-15-36)28-30-50-44-34-40(38-18-9-3-10-19-38)24-26-46(44)58-48(50)22-13-23-49-51(31-29-43(61(55,56)57)33-37-16-7-2-8-17-37)45-35-41(25-27-47(45)59-49)39-20-11-4-12-21-39/h1-27,34-35,42-43H,28-33H2,(H-,52,53,54,55,56,57)/p+1. The van der Waals surface area contributed by atoms with Crippen molar-refractivity contribution in [2.24, 2.45) is 0 Å². The van der Waals surface area contributed by atoms with Gasteiger partial charge in [-0.15, -0.1) is 0 Å². The lowest BCUT2D eigenvalue weighted by atomic mass is 10.0. The fraction of sp³-hybridized carbons (Fsp3) is 0.163. The van der Waals surface area contributed by atoms with E-state index >= 15 is 0 Å². The van der Waals surface area contributed by atoms with Crippen LogP contribution in [0.4, 0.5) is 5.69 Å². The van der Waals surface area contributed by atoms with Gasteiger partial charge in [-0.1, -0.05) is 133 Å². The molecule has 61 heavy (non-hydrogen) atoms. The number of nitrogens with zero attached hydrogens (tertiary/aromatic N) is 2. The number of hydrogen-bond donors (Lipinski definition) is 2. The van der Waals surface area contributed by atoms with Crippen LogP contribution < -0.4 is 14.2 Å². The van der Waals surface area contributed by atoms with Crippen LogP contribution >= 0.6 is 0 Å². The third-order valence-corrected chi connectivity index (χ3v) is 13.4. The summed E-state index contributed by atoms with van der Waals surface area (Å²) in [7, 11) is -8.80. The van der Waals surface area contributed by atoms with Gasteiger partial charge in [0.1, 0.15) is 0 Å². The molecule has 0 radical (unpaired) electrons. The molecule has 7 aromatic rings. The van der Waals surface area contributed by atoms with Crippen LogP contribution in [-0.4, -0.2) is 43.0 Å². The number of aryl methyl sites for hydroxylation is 1. The number of rotatable bonds is 16. The molecule has 8 rings (SSSR count). The van der Waals surface area contributed by atoms with E-state index in [0.717, 1.165) is 44.6 Å². The lowest BCUT2D eigenvalue weighted by Gasteiger charge is -2.22. The third-order valence-electron chi connectivity index (χ3n) is 11.0. The Bertz CT molecular complexity index is 2900. The molecule has 0 spiro atoms. The maximum absolute atomic E-state index is 12.7. The Kier molecular flexibility index (Phi) is 12.3. The molecule has 310 valence electrons. The second kappa shape index (κ2) is 18.1. The molecular formula is C49H45N2O8S2+. The van der Waals surface area contributed by atoms with Crippen LogP contribution in [0.2, 0.25) is 0 Å². The van der Waals surface area contributed by atoms with Gasteiger partial charge in [0.05, 0.1) is 22.3 Å². The maximum atomic E-state index is 12.7. The number of allylic oxidation sites excluding steroid dienone is 2. The summed E-state index contributed by atoms with van der Waals surface area (Å²) >= 11 is 0. The molecule has 2 heterocycles. The Hall–Kier alpha value is -6.31. The predicted molar refractivity (Wildman–Crippen MR) is 239 cm³/mol. The largest absolute Gasteiger partial charge is 0.439 e. The molecule has 2 N–H and O–H groups in total. The van der Waals surface area contributed by atoms with Gasteiger partial charge in [-0.3, -0.25) is 9.11 Å². The normalized spacial score (nSPS) is 14.7. The van der Waals surface area contributed by atoms with Gasteiger partial charge >= 0.3 is 5.89 Å². The third kappa shape index (κ3) is 10.0. The van der Waals surface area contributed by atoms with E-state index in [2.05, 4.69) is 0 Å². The molecule has 6 aromatic carbocycles. The molecular weight excluding hydrogens is 809 g/mol. The summed E-state index contributed by atoms with van der Waals surface area (Å²) in [5.74, 6) is 1.47. The van der Waals surface area contributed by atoms with E-state index < -0.39 is 30.7 Å². The van der Waals surface area contributed by atoms with Gasteiger partial charge in [0.2, 0.25) is 11.5 Å². The zero-order valence-electron chi connectivity index (χ0n) is 33.2. The molecule has 2 atom stereocenters. The van der Waals surface area contributed by atoms with Crippen LogP contribution in [0.3, 0.4) is 0 Å². The molecule has 0 saturated heterocycles. The van der Waals surface area contributed by atoms with E-state index in [9.17, 15) is 25.9 Å². The summed E-state index contributed by atoms with van der Waals surface area (Å²) in [4.78, 5) is 1.91. The van der Waals surface area contributed by atoms with E-state index in [4.69, 9.17) is 9.15 Å². The van der Waals surface area contributed by atoms with Crippen molar-refractivity contribution in [3.05, 3.63) is 193 Å². The quantitative estimate of drug-likeness (QED) is 0.0719.